The van der Waals surface area contributed by atoms with Crippen molar-refractivity contribution in [2.75, 3.05) is 6.54 Å². The second kappa shape index (κ2) is 6.33. The lowest BCUT2D eigenvalue weighted by Crippen LogP contribution is -2.37. The number of benzene rings is 1. The minimum Gasteiger partial charge on any atom is -0.393 e. The van der Waals surface area contributed by atoms with E-state index in [0.29, 0.717) is 25.0 Å². The maximum absolute atomic E-state index is 13.5. The molecule has 0 heterocycles. The number of aliphatic hydroxyl groups excluding tert-OH is 1. The first-order valence-electron chi connectivity index (χ1n) is 6.63. The summed E-state index contributed by atoms with van der Waals surface area (Å²) in [6, 6.07) is 0.625. The summed E-state index contributed by atoms with van der Waals surface area (Å²) in [5, 5.41) is 9.75. The molecule has 0 amide bonds. The highest BCUT2D eigenvalue weighted by Crippen LogP contribution is 2.25. The van der Waals surface area contributed by atoms with Gasteiger partial charge >= 0.3 is 0 Å². The van der Waals surface area contributed by atoms with E-state index in [0.717, 1.165) is 12.8 Å². The van der Waals surface area contributed by atoms with Gasteiger partial charge in [0.1, 0.15) is 17.5 Å². The van der Waals surface area contributed by atoms with Crippen LogP contribution in [0.25, 0.3) is 0 Å². The summed E-state index contributed by atoms with van der Waals surface area (Å²) in [6.07, 6.45) is 2.31. The normalized spacial score (nSPS) is 23.2. The van der Waals surface area contributed by atoms with E-state index in [1.54, 1.807) is 0 Å². The lowest BCUT2D eigenvalue weighted by Gasteiger charge is -2.27. The molecule has 2 unspecified atom stereocenters. The van der Waals surface area contributed by atoms with Crippen LogP contribution in [0.15, 0.2) is 17.0 Å². The van der Waals surface area contributed by atoms with Gasteiger partial charge in [-0.2, -0.15) is 0 Å². The van der Waals surface area contributed by atoms with Crippen LogP contribution in [0.3, 0.4) is 0 Å². The highest BCUT2D eigenvalue weighted by atomic mass is 32.2. The Labute approximate surface area is 121 Å². The van der Waals surface area contributed by atoms with Crippen LogP contribution in [0.1, 0.15) is 25.7 Å². The Balaban J connectivity index is 2.15. The standard InChI is InChI=1S/C13H16F3NO3S/c14-9-5-10(15)13(11(16)6-9)21(19,20)17-7-8-3-1-2-4-12(8)18/h5-6,8,12,17-18H,1-4,7H2. The maximum Gasteiger partial charge on any atom is 0.246 e. The van der Waals surface area contributed by atoms with Gasteiger partial charge in [-0.1, -0.05) is 12.8 Å². The minimum absolute atomic E-state index is 0.111. The van der Waals surface area contributed by atoms with Gasteiger partial charge in [-0.15, -0.1) is 0 Å². The Morgan fingerprint density at radius 1 is 1.14 bits per heavy atom. The van der Waals surface area contributed by atoms with Gasteiger partial charge in [-0.3, -0.25) is 0 Å². The third-order valence-electron chi connectivity index (χ3n) is 3.64. The van der Waals surface area contributed by atoms with Crippen LogP contribution < -0.4 is 4.72 Å². The quantitative estimate of drug-likeness (QED) is 0.890. The Hall–Kier alpha value is -1.12. The van der Waals surface area contributed by atoms with Gasteiger partial charge in [0.25, 0.3) is 0 Å². The molecule has 1 saturated carbocycles. The van der Waals surface area contributed by atoms with Crippen molar-refractivity contribution in [2.45, 2.75) is 36.7 Å². The molecule has 2 rings (SSSR count). The lowest BCUT2D eigenvalue weighted by molar-refractivity contribution is 0.0724. The smallest absolute Gasteiger partial charge is 0.246 e. The molecule has 0 bridgehead atoms. The fourth-order valence-corrected chi connectivity index (χ4v) is 3.71. The van der Waals surface area contributed by atoms with Crippen molar-refractivity contribution >= 4 is 10.0 Å². The van der Waals surface area contributed by atoms with Crippen molar-refractivity contribution in [1.29, 1.82) is 0 Å². The second-order valence-electron chi connectivity index (χ2n) is 5.16. The monoisotopic (exact) mass is 323 g/mol. The molecule has 4 nitrogen and oxygen atoms in total. The molecule has 118 valence electrons. The molecule has 21 heavy (non-hydrogen) atoms. The number of halogens is 3. The van der Waals surface area contributed by atoms with Crippen molar-refractivity contribution in [1.82, 2.24) is 4.72 Å². The molecule has 8 heteroatoms. The molecule has 1 aromatic rings. The Kier molecular flexibility index (Phi) is 4.90. The second-order valence-corrected chi connectivity index (χ2v) is 6.87. The average molecular weight is 323 g/mol. The van der Waals surface area contributed by atoms with Crippen LogP contribution in [-0.2, 0) is 10.0 Å². The van der Waals surface area contributed by atoms with Gasteiger partial charge in [-0.05, 0) is 18.8 Å². The molecule has 2 atom stereocenters. The zero-order valence-corrected chi connectivity index (χ0v) is 12.0. The highest BCUT2D eigenvalue weighted by Gasteiger charge is 2.28. The molecule has 1 aromatic carbocycles. The number of hydrogen-bond acceptors (Lipinski definition) is 3. The van der Waals surface area contributed by atoms with Crippen LogP contribution in [0.2, 0.25) is 0 Å². The van der Waals surface area contributed by atoms with Crippen molar-refractivity contribution in [2.24, 2.45) is 5.92 Å². The zero-order chi connectivity index (χ0) is 15.6. The van der Waals surface area contributed by atoms with Gasteiger partial charge < -0.3 is 5.11 Å². The Morgan fingerprint density at radius 2 is 1.71 bits per heavy atom. The zero-order valence-electron chi connectivity index (χ0n) is 11.2. The van der Waals surface area contributed by atoms with Gasteiger partial charge in [0.05, 0.1) is 6.10 Å². The van der Waals surface area contributed by atoms with Gasteiger partial charge in [-0.25, -0.2) is 26.3 Å². The first kappa shape index (κ1) is 16.3. The van der Waals surface area contributed by atoms with E-state index >= 15 is 0 Å². The topological polar surface area (TPSA) is 66.4 Å². The van der Waals surface area contributed by atoms with E-state index < -0.39 is 38.5 Å². The summed E-state index contributed by atoms with van der Waals surface area (Å²) in [5.74, 6) is -4.44. The van der Waals surface area contributed by atoms with E-state index in [1.807, 2.05) is 0 Å². The highest BCUT2D eigenvalue weighted by molar-refractivity contribution is 7.89. The van der Waals surface area contributed by atoms with Crippen LogP contribution in [0.5, 0.6) is 0 Å². The molecular formula is C13H16F3NO3S. The first-order valence-corrected chi connectivity index (χ1v) is 8.12. The van der Waals surface area contributed by atoms with Crippen LogP contribution in [-0.4, -0.2) is 26.2 Å². The summed E-state index contributed by atoms with van der Waals surface area (Å²) >= 11 is 0. The molecule has 0 saturated heterocycles. The number of nitrogens with one attached hydrogen (secondary N) is 1. The molecule has 1 aliphatic rings. The molecule has 0 spiro atoms. The van der Waals surface area contributed by atoms with E-state index in [-0.39, 0.29) is 12.5 Å². The van der Waals surface area contributed by atoms with Gasteiger partial charge in [0.15, 0.2) is 4.90 Å². The van der Waals surface area contributed by atoms with E-state index in [1.165, 1.54) is 0 Å². The van der Waals surface area contributed by atoms with Crippen molar-refractivity contribution in [3.05, 3.63) is 29.6 Å². The minimum atomic E-state index is -4.44. The third kappa shape index (κ3) is 3.75. The van der Waals surface area contributed by atoms with Crippen molar-refractivity contribution in [3.63, 3.8) is 0 Å². The fourth-order valence-electron chi connectivity index (χ4n) is 2.50. The molecule has 1 aliphatic carbocycles. The molecule has 2 N–H and O–H groups in total. The third-order valence-corrected chi connectivity index (χ3v) is 5.11. The average Bonchev–Trinajstić information content (AvgIpc) is 2.36. The molecule has 0 aromatic heterocycles. The van der Waals surface area contributed by atoms with Gasteiger partial charge in [0, 0.05) is 18.7 Å². The number of rotatable bonds is 4. The maximum atomic E-state index is 13.5. The van der Waals surface area contributed by atoms with Crippen molar-refractivity contribution in [3.8, 4) is 0 Å². The van der Waals surface area contributed by atoms with Crippen LogP contribution in [0.4, 0.5) is 13.2 Å². The van der Waals surface area contributed by atoms with Gasteiger partial charge in [0.2, 0.25) is 10.0 Å². The number of aliphatic hydroxyl groups is 1. The lowest BCUT2D eigenvalue weighted by atomic mass is 9.87. The summed E-state index contributed by atoms with van der Waals surface area (Å²) in [4.78, 5) is -1.20. The van der Waals surface area contributed by atoms with Crippen LogP contribution in [0, 0.1) is 23.4 Å². The summed E-state index contributed by atoms with van der Waals surface area (Å²) in [5.41, 5.74) is 0. The first-order chi connectivity index (χ1) is 9.81. The van der Waals surface area contributed by atoms with Crippen molar-refractivity contribution < 1.29 is 26.7 Å². The summed E-state index contributed by atoms with van der Waals surface area (Å²) in [7, 11) is -4.44. The molecule has 0 radical (unpaired) electrons. The predicted octanol–water partition coefficient (Wildman–Crippen LogP) is 1.93. The van der Waals surface area contributed by atoms with E-state index in [4.69, 9.17) is 0 Å². The largest absolute Gasteiger partial charge is 0.393 e. The number of sulfonamides is 1. The summed E-state index contributed by atoms with van der Waals surface area (Å²) in [6.45, 7) is -0.111. The number of hydrogen-bond donors (Lipinski definition) is 2. The predicted molar refractivity (Wildman–Crippen MR) is 69.5 cm³/mol. The molecule has 0 aliphatic heterocycles. The SMILES string of the molecule is O=S(=O)(NCC1CCCCC1O)c1c(F)cc(F)cc1F. The van der Waals surface area contributed by atoms with E-state index in [2.05, 4.69) is 4.72 Å². The Bertz CT molecular complexity index is 598. The fraction of sp³-hybridized carbons (Fsp3) is 0.538. The van der Waals surface area contributed by atoms with Crippen LogP contribution >= 0.6 is 0 Å². The Morgan fingerprint density at radius 3 is 2.29 bits per heavy atom. The molecule has 1 fully saturated rings. The molecular weight excluding hydrogens is 307 g/mol. The summed E-state index contributed by atoms with van der Waals surface area (Å²) < 4.78 is 65.8. The van der Waals surface area contributed by atoms with E-state index in [9.17, 15) is 26.7 Å².